The molecule has 2 rings (SSSR count). The molecule has 0 radical (unpaired) electrons. The maximum atomic E-state index is 12.3. The van der Waals surface area contributed by atoms with Crippen molar-refractivity contribution in [1.29, 1.82) is 5.26 Å². The van der Waals surface area contributed by atoms with Crippen molar-refractivity contribution in [3.05, 3.63) is 58.1 Å². The number of hydrogen-bond acceptors (Lipinski definition) is 6. The van der Waals surface area contributed by atoms with Crippen LogP contribution in [0.4, 0.5) is 5.69 Å². The highest BCUT2D eigenvalue weighted by Crippen LogP contribution is 2.37. The van der Waals surface area contributed by atoms with Crippen LogP contribution in [-0.4, -0.2) is 32.7 Å². The summed E-state index contributed by atoms with van der Waals surface area (Å²) in [5.74, 6) is -0.445. The molecule has 0 bridgehead atoms. The van der Waals surface area contributed by atoms with Crippen molar-refractivity contribution < 1.29 is 23.8 Å². The van der Waals surface area contributed by atoms with Crippen LogP contribution >= 0.6 is 15.9 Å². The first-order valence-electron chi connectivity index (χ1n) is 8.03. The Morgan fingerprint density at radius 2 is 1.93 bits per heavy atom. The number of rotatable bonds is 7. The van der Waals surface area contributed by atoms with Gasteiger partial charge in [-0.2, -0.15) is 5.26 Å². The summed E-state index contributed by atoms with van der Waals surface area (Å²) < 4.78 is 15.7. The maximum absolute atomic E-state index is 12.3. The van der Waals surface area contributed by atoms with E-state index in [4.69, 9.17) is 9.47 Å². The van der Waals surface area contributed by atoms with Crippen LogP contribution in [0.1, 0.15) is 5.56 Å². The predicted molar refractivity (Wildman–Crippen MR) is 107 cm³/mol. The minimum atomic E-state index is -0.540. The smallest absolute Gasteiger partial charge is 0.343 e. The van der Waals surface area contributed by atoms with E-state index in [0.717, 1.165) is 0 Å². The number of anilines is 1. The Balaban J connectivity index is 2.27. The highest BCUT2D eigenvalue weighted by Gasteiger charge is 2.15. The zero-order chi connectivity index (χ0) is 20.5. The average molecular weight is 445 g/mol. The highest BCUT2D eigenvalue weighted by molar-refractivity contribution is 9.10. The van der Waals surface area contributed by atoms with Crippen LogP contribution in [0.25, 0.3) is 6.08 Å². The average Bonchev–Trinajstić information content (AvgIpc) is 2.71. The van der Waals surface area contributed by atoms with E-state index < -0.39 is 11.9 Å². The van der Waals surface area contributed by atoms with Gasteiger partial charge in [-0.25, -0.2) is 4.79 Å². The van der Waals surface area contributed by atoms with Crippen molar-refractivity contribution in [2.24, 2.45) is 0 Å². The van der Waals surface area contributed by atoms with Gasteiger partial charge in [0.2, 0.25) is 0 Å². The molecule has 0 fully saturated rings. The van der Waals surface area contributed by atoms with Gasteiger partial charge in [-0.1, -0.05) is 18.2 Å². The lowest BCUT2D eigenvalue weighted by Crippen LogP contribution is -2.13. The lowest BCUT2D eigenvalue weighted by molar-refractivity contribution is -0.142. The normalized spacial score (nSPS) is 10.6. The van der Waals surface area contributed by atoms with E-state index in [0.29, 0.717) is 27.2 Å². The molecular formula is C20H17BrN2O5. The fourth-order valence-electron chi connectivity index (χ4n) is 2.19. The van der Waals surface area contributed by atoms with Gasteiger partial charge in [0, 0.05) is 5.69 Å². The van der Waals surface area contributed by atoms with Gasteiger partial charge in [0.05, 0.1) is 18.7 Å². The Morgan fingerprint density at radius 1 is 1.21 bits per heavy atom. The molecule has 8 heteroatoms. The molecule has 0 spiro atoms. The van der Waals surface area contributed by atoms with Crippen molar-refractivity contribution in [2.45, 2.75) is 0 Å². The van der Waals surface area contributed by atoms with E-state index in [2.05, 4.69) is 26.0 Å². The lowest BCUT2D eigenvalue weighted by Gasteiger charge is -2.13. The second kappa shape index (κ2) is 10.1. The Bertz CT molecular complexity index is 936. The molecular weight excluding hydrogens is 428 g/mol. The molecule has 1 N–H and O–H groups in total. The third-order valence-electron chi connectivity index (χ3n) is 3.52. The number of carbonyl (C=O) groups excluding carboxylic acids is 2. The Kier molecular flexibility index (Phi) is 7.60. The van der Waals surface area contributed by atoms with Crippen LogP contribution in [0.5, 0.6) is 11.5 Å². The maximum Gasteiger partial charge on any atom is 0.343 e. The molecule has 0 aliphatic carbocycles. The molecule has 2 aromatic rings. The number of nitrogens with one attached hydrogen (secondary N) is 1. The molecule has 0 aliphatic rings. The molecule has 2 aromatic carbocycles. The minimum Gasteiger partial charge on any atom is -0.493 e. The van der Waals surface area contributed by atoms with E-state index in [9.17, 15) is 14.9 Å². The number of amides is 1. The molecule has 0 atom stereocenters. The van der Waals surface area contributed by atoms with Gasteiger partial charge in [-0.3, -0.25) is 4.79 Å². The van der Waals surface area contributed by atoms with Gasteiger partial charge in [0.25, 0.3) is 5.91 Å². The summed E-state index contributed by atoms with van der Waals surface area (Å²) in [4.78, 5) is 23.6. The second-order valence-electron chi connectivity index (χ2n) is 5.39. The molecule has 0 aliphatic heterocycles. The number of esters is 1. The van der Waals surface area contributed by atoms with Gasteiger partial charge in [0.1, 0.15) is 11.6 Å². The summed E-state index contributed by atoms with van der Waals surface area (Å²) in [6, 6.07) is 13.9. The molecule has 0 aromatic heterocycles. The van der Waals surface area contributed by atoms with Crippen molar-refractivity contribution in [3.8, 4) is 17.6 Å². The third kappa shape index (κ3) is 5.59. The molecule has 28 heavy (non-hydrogen) atoms. The van der Waals surface area contributed by atoms with Crippen LogP contribution in [0.15, 0.2) is 52.5 Å². The Hall–Kier alpha value is -3.31. The van der Waals surface area contributed by atoms with Gasteiger partial charge in [-0.05, 0) is 51.8 Å². The number of nitriles is 1. The monoisotopic (exact) mass is 444 g/mol. The predicted octanol–water partition coefficient (Wildman–Crippen LogP) is 3.56. The molecule has 0 unspecified atom stereocenters. The van der Waals surface area contributed by atoms with Crippen LogP contribution in [0.3, 0.4) is 0 Å². The molecule has 144 valence electrons. The van der Waals surface area contributed by atoms with Crippen LogP contribution in [-0.2, 0) is 14.3 Å². The topological polar surface area (TPSA) is 97.7 Å². The largest absolute Gasteiger partial charge is 0.493 e. The number of para-hydroxylation sites is 1. The summed E-state index contributed by atoms with van der Waals surface area (Å²) in [5.41, 5.74) is 1.04. The van der Waals surface area contributed by atoms with Crippen molar-refractivity contribution >= 4 is 39.6 Å². The van der Waals surface area contributed by atoms with Crippen LogP contribution in [0, 0.1) is 11.3 Å². The zero-order valence-corrected chi connectivity index (χ0v) is 16.8. The number of hydrogen-bond donors (Lipinski definition) is 1. The number of benzene rings is 2. The SMILES string of the molecule is COC(=O)COc1c(Br)cc(/C=C(/C#N)C(=O)Nc2ccccc2)cc1OC. The van der Waals surface area contributed by atoms with E-state index in [1.807, 2.05) is 12.1 Å². The lowest BCUT2D eigenvalue weighted by atomic mass is 10.1. The molecule has 1 amide bonds. The van der Waals surface area contributed by atoms with E-state index in [-0.39, 0.29) is 12.2 Å². The molecule has 7 nitrogen and oxygen atoms in total. The Morgan fingerprint density at radius 3 is 2.54 bits per heavy atom. The fraction of sp³-hybridized carbons (Fsp3) is 0.150. The fourth-order valence-corrected chi connectivity index (χ4v) is 2.76. The van der Waals surface area contributed by atoms with Gasteiger partial charge >= 0.3 is 5.97 Å². The molecule has 0 saturated heterocycles. The zero-order valence-electron chi connectivity index (χ0n) is 15.2. The van der Waals surface area contributed by atoms with Gasteiger partial charge in [0.15, 0.2) is 18.1 Å². The first kappa shape index (κ1) is 21.0. The van der Waals surface area contributed by atoms with Crippen molar-refractivity contribution in [2.75, 3.05) is 26.1 Å². The number of carbonyl (C=O) groups is 2. The summed E-state index contributed by atoms with van der Waals surface area (Å²) in [6.07, 6.45) is 1.43. The van der Waals surface area contributed by atoms with Crippen molar-refractivity contribution in [1.82, 2.24) is 0 Å². The molecule has 0 saturated carbocycles. The summed E-state index contributed by atoms with van der Waals surface area (Å²) in [6.45, 7) is -0.288. The summed E-state index contributed by atoms with van der Waals surface area (Å²) in [5, 5.41) is 12.0. The van der Waals surface area contributed by atoms with Crippen LogP contribution < -0.4 is 14.8 Å². The first-order chi connectivity index (χ1) is 13.5. The second-order valence-corrected chi connectivity index (χ2v) is 6.24. The highest BCUT2D eigenvalue weighted by atomic mass is 79.9. The van der Waals surface area contributed by atoms with E-state index >= 15 is 0 Å². The van der Waals surface area contributed by atoms with Crippen LogP contribution in [0.2, 0.25) is 0 Å². The Labute approximate surface area is 170 Å². The quantitative estimate of drug-likeness (QED) is 0.398. The summed E-state index contributed by atoms with van der Waals surface area (Å²) >= 11 is 3.34. The minimum absolute atomic E-state index is 0.0824. The summed E-state index contributed by atoms with van der Waals surface area (Å²) in [7, 11) is 2.70. The van der Waals surface area contributed by atoms with Gasteiger partial charge < -0.3 is 19.5 Å². The first-order valence-corrected chi connectivity index (χ1v) is 8.83. The third-order valence-corrected chi connectivity index (χ3v) is 4.11. The number of methoxy groups -OCH3 is 2. The standard InChI is InChI=1S/C20H17BrN2O5/c1-26-17-10-13(9-16(21)19(17)28-12-18(24)27-2)8-14(11-22)20(25)23-15-6-4-3-5-7-15/h3-10H,12H2,1-2H3,(H,23,25)/b14-8-. The number of nitrogens with zero attached hydrogens (tertiary/aromatic N) is 1. The number of ether oxygens (including phenoxy) is 3. The van der Waals surface area contributed by atoms with E-state index in [1.54, 1.807) is 36.4 Å². The number of halogens is 1. The molecule has 0 heterocycles. The van der Waals surface area contributed by atoms with E-state index in [1.165, 1.54) is 20.3 Å². The van der Waals surface area contributed by atoms with Crippen molar-refractivity contribution in [3.63, 3.8) is 0 Å². The van der Waals surface area contributed by atoms with Gasteiger partial charge in [-0.15, -0.1) is 0 Å².